The first-order valence-corrected chi connectivity index (χ1v) is 10.5. The molecule has 0 saturated carbocycles. The van der Waals surface area contributed by atoms with Crippen molar-refractivity contribution >= 4 is 28.5 Å². The molecule has 0 saturated heterocycles. The standard InChI is InChI=1S/C23H18N4O3S/c28-19(9-7-15-6-8-17-18(14-15)30-13-12-29-17)26-23-27-20(16-4-2-1-3-5-16)21(31-23)22-24-10-11-25-22/h1-11,14H,12-13H2,(H,24,25)(H,26,27,28). The van der Waals surface area contributed by atoms with Gasteiger partial charge >= 0.3 is 0 Å². The molecule has 0 spiro atoms. The number of rotatable bonds is 5. The minimum atomic E-state index is -0.269. The second-order valence-corrected chi connectivity index (χ2v) is 7.73. The lowest BCUT2D eigenvalue weighted by Crippen LogP contribution is -2.15. The second-order valence-electron chi connectivity index (χ2n) is 6.73. The van der Waals surface area contributed by atoms with E-state index < -0.39 is 0 Å². The van der Waals surface area contributed by atoms with Crippen molar-refractivity contribution < 1.29 is 14.3 Å². The Morgan fingerprint density at radius 3 is 2.74 bits per heavy atom. The average molecular weight is 430 g/mol. The van der Waals surface area contributed by atoms with E-state index in [9.17, 15) is 4.79 Å². The van der Waals surface area contributed by atoms with Crippen LogP contribution >= 0.6 is 11.3 Å². The SMILES string of the molecule is O=C(C=Cc1ccc2c(c1)OCCO2)Nc1nc(-c2ccccc2)c(-c2ncc[nH]2)s1. The lowest BCUT2D eigenvalue weighted by molar-refractivity contribution is -0.111. The molecule has 2 aromatic carbocycles. The van der Waals surface area contributed by atoms with E-state index in [1.807, 2.05) is 48.5 Å². The molecular weight excluding hydrogens is 412 g/mol. The van der Waals surface area contributed by atoms with Gasteiger partial charge in [-0.05, 0) is 23.8 Å². The third-order valence-corrected chi connectivity index (χ3v) is 5.59. The van der Waals surface area contributed by atoms with Gasteiger partial charge in [-0.25, -0.2) is 9.97 Å². The molecule has 4 aromatic rings. The number of carbonyl (C=O) groups is 1. The Bertz CT molecular complexity index is 1230. The summed E-state index contributed by atoms with van der Waals surface area (Å²) in [5.74, 6) is 1.84. The Kier molecular flexibility index (Phi) is 5.20. The molecule has 0 bridgehead atoms. The highest BCUT2D eigenvalue weighted by Gasteiger charge is 2.17. The van der Waals surface area contributed by atoms with Gasteiger partial charge in [-0.2, -0.15) is 0 Å². The molecule has 2 N–H and O–H groups in total. The number of hydrogen-bond donors (Lipinski definition) is 2. The summed E-state index contributed by atoms with van der Waals surface area (Å²) in [5.41, 5.74) is 2.57. The van der Waals surface area contributed by atoms with Crippen molar-refractivity contribution in [1.82, 2.24) is 15.0 Å². The number of nitrogens with one attached hydrogen (secondary N) is 2. The topological polar surface area (TPSA) is 89.1 Å². The van der Waals surface area contributed by atoms with Gasteiger partial charge in [0.25, 0.3) is 0 Å². The fourth-order valence-electron chi connectivity index (χ4n) is 3.20. The highest BCUT2D eigenvalue weighted by molar-refractivity contribution is 7.19. The Morgan fingerprint density at radius 1 is 1.10 bits per heavy atom. The van der Waals surface area contributed by atoms with Crippen molar-refractivity contribution in [2.75, 3.05) is 18.5 Å². The third kappa shape index (κ3) is 4.19. The molecule has 0 fully saturated rings. The molecule has 1 aliphatic heterocycles. The van der Waals surface area contributed by atoms with Gasteiger partial charge in [-0.15, -0.1) is 0 Å². The molecule has 5 rings (SSSR count). The number of aromatic amines is 1. The van der Waals surface area contributed by atoms with Gasteiger partial charge in [0, 0.05) is 24.0 Å². The van der Waals surface area contributed by atoms with Crippen molar-refractivity contribution in [3.05, 3.63) is 72.6 Å². The predicted molar refractivity (Wildman–Crippen MR) is 120 cm³/mol. The Morgan fingerprint density at radius 2 is 1.94 bits per heavy atom. The van der Waals surface area contributed by atoms with Crippen LogP contribution in [0.3, 0.4) is 0 Å². The van der Waals surface area contributed by atoms with Gasteiger partial charge in [0.1, 0.15) is 19.0 Å². The molecule has 7 nitrogen and oxygen atoms in total. The van der Waals surface area contributed by atoms with Gasteiger partial charge in [0.05, 0.1) is 10.6 Å². The Hall–Kier alpha value is -3.91. The number of ether oxygens (including phenoxy) is 2. The molecule has 0 atom stereocenters. The summed E-state index contributed by atoms with van der Waals surface area (Å²) in [5, 5.41) is 3.35. The van der Waals surface area contributed by atoms with E-state index in [4.69, 9.17) is 9.47 Å². The molecule has 0 aliphatic carbocycles. The number of fused-ring (bicyclic) bond motifs is 1. The highest BCUT2D eigenvalue weighted by atomic mass is 32.1. The quantitative estimate of drug-likeness (QED) is 0.451. The minimum absolute atomic E-state index is 0.269. The van der Waals surface area contributed by atoms with Crippen LogP contribution < -0.4 is 14.8 Å². The highest BCUT2D eigenvalue weighted by Crippen LogP contribution is 2.37. The summed E-state index contributed by atoms with van der Waals surface area (Å²) >= 11 is 1.37. The van der Waals surface area contributed by atoms with Crippen LogP contribution in [-0.4, -0.2) is 34.1 Å². The second kappa shape index (κ2) is 8.45. The zero-order chi connectivity index (χ0) is 21.0. The molecule has 3 heterocycles. The summed E-state index contributed by atoms with van der Waals surface area (Å²) in [6.45, 7) is 1.07. The number of carbonyl (C=O) groups excluding carboxylic acids is 1. The summed E-state index contributed by atoms with van der Waals surface area (Å²) in [6.07, 6.45) is 6.66. The van der Waals surface area contributed by atoms with E-state index in [-0.39, 0.29) is 5.91 Å². The largest absolute Gasteiger partial charge is 0.486 e. The lowest BCUT2D eigenvalue weighted by Gasteiger charge is -2.18. The van der Waals surface area contributed by atoms with Gasteiger partial charge in [-0.3, -0.25) is 10.1 Å². The van der Waals surface area contributed by atoms with Crippen LogP contribution in [0, 0.1) is 0 Å². The van der Waals surface area contributed by atoms with Crippen molar-refractivity contribution in [2.24, 2.45) is 0 Å². The predicted octanol–water partition coefficient (Wildman–Crippen LogP) is 4.62. The molecule has 1 aliphatic rings. The van der Waals surface area contributed by atoms with Gasteiger partial charge in [0.2, 0.25) is 5.91 Å². The molecule has 0 radical (unpaired) electrons. The first-order chi connectivity index (χ1) is 15.3. The van der Waals surface area contributed by atoms with Crippen molar-refractivity contribution in [3.63, 3.8) is 0 Å². The number of thiazole rings is 1. The van der Waals surface area contributed by atoms with Crippen LogP contribution in [0.15, 0.2) is 67.0 Å². The number of anilines is 1. The lowest BCUT2D eigenvalue weighted by atomic mass is 10.1. The van der Waals surface area contributed by atoms with Crippen LogP contribution in [0.4, 0.5) is 5.13 Å². The number of aromatic nitrogens is 3. The zero-order valence-corrected chi connectivity index (χ0v) is 17.2. The maximum absolute atomic E-state index is 12.5. The van der Waals surface area contributed by atoms with E-state index in [0.717, 1.165) is 27.4 Å². The van der Waals surface area contributed by atoms with Gasteiger partial charge in [0.15, 0.2) is 16.6 Å². The normalized spacial score (nSPS) is 12.8. The van der Waals surface area contributed by atoms with E-state index in [0.29, 0.717) is 29.9 Å². The van der Waals surface area contributed by atoms with Crippen LogP contribution in [0.1, 0.15) is 5.56 Å². The number of benzene rings is 2. The van der Waals surface area contributed by atoms with Crippen LogP contribution in [0.25, 0.3) is 28.0 Å². The number of nitrogens with zero attached hydrogens (tertiary/aromatic N) is 2. The fourth-order valence-corrected chi connectivity index (χ4v) is 4.15. The van der Waals surface area contributed by atoms with E-state index in [1.54, 1.807) is 18.5 Å². The molecule has 154 valence electrons. The molecule has 0 unspecified atom stereocenters. The first-order valence-electron chi connectivity index (χ1n) is 9.71. The third-order valence-electron chi connectivity index (χ3n) is 4.61. The molecule has 8 heteroatoms. The van der Waals surface area contributed by atoms with E-state index in [2.05, 4.69) is 20.3 Å². The Labute approximate surface area is 182 Å². The van der Waals surface area contributed by atoms with Crippen LogP contribution in [-0.2, 0) is 4.79 Å². The summed E-state index contributed by atoms with van der Waals surface area (Å²) in [6, 6.07) is 15.4. The first kappa shape index (κ1) is 19.1. The number of hydrogen-bond acceptors (Lipinski definition) is 6. The maximum atomic E-state index is 12.5. The molecular formula is C23H18N4O3S. The summed E-state index contributed by atoms with van der Waals surface area (Å²) in [4.78, 5) is 25.5. The van der Waals surface area contributed by atoms with Crippen LogP contribution in [0.5, 0.6) is 11.5 Å². The van der Waals surface area contributed by atoms with Crippen molar-refractivity contribution in [2.45, 2.75) is 0 Å². The smallest absolute Gasteiger partial charge is 0.250 e. The summed E-state index contributed by atoms with van der Waals surface area (Å²) in [7, 11) is 0. The number of imidazole rings is 1. The maximum Gasteiger partial charge on any atom is 0.250 e. The minimum Gasteiger partial charge on any atom is -0.486 e. The van der Waals surface area contributed by atoms with Crippen LogP contribution in [0.2, 0.25) is 0 Å². The van der Waals surface area contributed by atoms with Gasteiger partial charge < -0.3 is 14.5 Å². The van der Waals surface area contributed by atoms with Gasteiger partial charge in [-0.1, -0.05) is 47.7 Å². The van der Waals surface area contributed by atoms with Crippen molar-refractivity contribution in [1.29, 1.82) is 0 Å². The molecule has 31 heavy (non-hydrogen) atoms. The number of amides is 1. The molecule has 1 amide bonds. The number of H-pyrrole nitrogens is 1. The molecule has 2 aromatic heterocycles. The fraction of sp³-hybridized carbons (Fsp3) is 0.0870. The average Bonchev–Trinajstić information content (AvgIpc) is 3.48. The monoisotopic (exact) mass is 430 g/mol. The van der Waals surface area contributed by atoms with Crippen molar-refractivity contribution in [3.8, 4) is 33.5 Å². The zero-order valence-electron chi connectivity index (χ0n) is 16.4. The summed E-state index contributed by atoms with van der Waals surface area (Å²) < 4.78 is 11.1. The van der Waals surface area contributed by atoms with E-state index >= 15 is 0 Å². The van der Waals surface area contributed by atoms with E-state index in [1.165, 1.54) is 17.4 Å². The Balaban J connectivity index is 1.36.